The molecule has 186 valence electrons. The van der Waals surface area contributed by atoms with E-state index >= 15 is 0 Å². The second kappa shape index (κ2) is 10.7. The van der Waals surface area contributed by atoms with Gasteiger partial charge in [-0.1, -0.05) is 49.4 Å². The van der Waals surface area contributed by atoms with Crippen molar-refractivity contribution in [3.8, 4) is 0 Å². The van der Waals surface area contributed by atoms with Crippen LogP contribution in [-0.4, -0.2) is 47.1 Å². The highest BCUT2D eigenvalue weighted by Gasteiger charge is 2.25. The van der Waals surface area contributed by atoms with Crippen molar-refractivity contribution in [2.24, 2.45) is 0 Å². The van der Waals surface area contributed by atoms with Gasteiger partial charge < -0.3 is 15.1 Å². The van der Waals surface area contributed by atoms with Crippen LogP contribution in [0.2, 0.25) is 0 Å². The number of fused-ring (bicyclic) bond motifs is 1. The molecule has 1 saturated heterocycles. The summed E-state index contributed by atoms with van der Waals surface area (Å²) in [6.45, 7) is 9.27. The predicted molar refractivity (Wildman–Crippen MR) is 149 cm³/mol. The molecule has 0 spiro atoms. The van der Waals surface area contributed by atoms with E-state index in [1.807, 2.05) is 23.1 Å². The summed E-state index contributed by atoms with van der Waals surface area (Å²) in [5, 5.41) is 4.21. The quantitative estimate of drug-likeness (QED) is 0.353. The summed E-state index contributed by atoms with van der Waals surface area (Å²) in [6, 6.07) is 18.5. The number of carbonyl (C=O) groups is 1. The SMILES string of the molecule is CCc1ccc(NC(=O)N2CCN(c3nc(CCc4ccccc4)nc4sc(C)c(C)c34)CC2)cc1. The molecule has 36 heavy (non-hydrogen) atoms. The number of hydrogen-bond acceptors (Lipinski definition) is 5. The van der Waals surface area contributed by atoms with Crippen LogP contribution in [0.15, 0.2) is 54.6 Å². The average Bonchev–Trinajstić information content (AvgIpc) is 3.21. The number of nitrogens with one attached hydrogen (secondary N) is 1. The fourth-order valence-corrected chi connectivity index (χ4v) is 5.70. The molecule has 2 aromatic carbocycles. The molecular weight excluding hydrogens is 466 g/mol. The van der Waals surface area contributed by atoms with E-state index in [1.165, 1.54) is 21.6 Å². The number of aromatic nitrogens is 2. The maximum atomic E-state index is 12.9. The molecule has 0 atom stereocenters. The lowest BCUT2D eigenvalue weighted by Crippen LogP contribution is -2.50. The van der Waals surface area contributed by atoms with Crippen molar-refractivity contribution in [1.29, 1.82) is 0 Å². The molecule has 7 heteroatoms. The van der Waals surface area contributed by atoms with Gasteiger partial charge in [-0.05, 0) is 55.5 Å². The van der Waals surface area contributed by atoms with Crippen LogP contribution in [-0.2, 0) is 19.3 Å². The molecule has 1 N–H and O–H groups in total. The number of rotatable bonds is 6. The molecular formula is C29H33N5OS. The summed E-state index contributed by atoms with van der Waals surface area (Å²) >= 11 is 1.75. The lowest BCUT2D eigenvalue weighted by molar-refractivity contribution is 0.208. The van der Waals surface area contributed by atoms with Gasteiger partial charge in [-0.3, -0.25) is 0 Å². The number of thiophene rings is 1. The van der Waals surface area contributed by atoms with E-state index in [9.17, 15) is 4.79 Å². The number of hydrogen-bond donors (Lipinski definition) is 1. The summed E-state index contributed by atoms with van der Waals surface area (Å²) in [4.78, 5) is 29.5. The highest BCUT2D eigenvalue weighted by Crippen LogP contribution is 2.35. The van der Waals surface area contributed by atoms with Gasteiger partial charge in [0.15, 0.2) is 0 Å². The summed E-state index contributed by atoms with van der Waals surface area (Å²) < 4.78 is 0. The summed E-state index contributed by atoms with van der Waals surface area (Å²) in [6.07, 6.45) is 2.72. The summed E-state index contributed by atoms with van der Waals surface area (Å²) in [5.41, 5.74) is 4.66. The second-order valence-corrected chi connectivity index (χ2v) is 10.6. The molecule has 0 unspecified atom stereocenters. The highest BCUT2D eigenvalue weighted by molar-refractivity contribution is 7.18. The zero-order valence-corrected chi connectivity index (χ0v) is 22.1. The number of urea groups is 1. The van der Waals surface area contributed by atoms with Gasteiger partial charge >= 0.3 is 6.03 Å². The monoisotopic (exact) mass is 499 g/mol. The van der Waals surface area contributed by atoms with E-state index in [0.29, 0.717) is 13.1 Å². The van der Waals surface area contributed by atoms with E-state index in [1.54, 1.807) is 11.3 Å². The molecule has 0 saturated carbocycles. The summed E-state index contributed by atoms with van der Waals surface area (Å²) in [5.74, 6) is 1.90. The van der Waals surface area contributed by atoms with Crippen LogP contribution in [0.1, 0.15) is 34.3 Å². The van der Waals surface area contributed by atoms with Crippen molar-refractivity contribution in [3.63, 3.8) is 0 Å². The molecule has 2 aromatic heterocycles. The van der Waals surface area contributed by atoms with Gasteiger partial charge in [-0.15, -0.1) is 11.3 Å². The van der Waals surface area contributed by atoms with E-state index in [4.69, 9.17) is 9.97 Å². The van der Waals surface area contributed by atoms with Crippen LogP contribution in [0.4, 0.5) is 16.3 Å². The molecule has 5 rings (SSSR count). The Morgan fingerprint density at radius 2 is 1.64 bits per heavy atom. The maximum absolute atomic E-state index is 12.9. The van der Waals surface area contributed by atoms with E-state index in [-0.39, 0.29) is 6.03 Å². The molecule has 0 radical (unpaired) electrons. The van der Waals surface area contributed by atoms with Crippen LogP contribution in [0.25, 0.3) is 10.2 Å². The molecule has 1 aliphatic heterocycles. The number of amides is 2. The highest BCUT2D eigenvalue weighted by atomic mass is 32.1. The van der Waals surface area contributed by atoms with Crippen LogP contribution in [0.3, 0.4) is 0 Å². The first kappa shape index (κ1) is 24.3. The first-order chi connectivity index (χ1) is 17.5. The van der Waals surface area contributed by atoms with Gasteiger partial charge in [-0.25, -0.2) is 14.8 Å². The molecule has 1 aliphatic rings. The van der Waals surface area contributed by atoms with Gasteiger partial charge in [0.1, 0.15) is 16.5 Å². The number of carbonyl (C=O) groups excluding carboxylic acids is 1. The van der Waals surface area contributed by atoms with Gasteiger partial charge in [0.05, 0.1) is 5.39 Å². The topological polar surface area (TPSA) is 61.4 Å². The Morgan fingerprint density at radius 3 is 2.33 bits per heavy atom. The predicted octanol–water partition coefficient (Wildman–Crippen LogP) is 6.01. The Balaban J connectivity index is 1.30. The standard InChI is InChI=1S/C29H33N5OS/c1-4-22-10-13-24(14-11-22)30-29(35)34-18-16-33(17-19-34)27-26-20(2)21(3)36-28(26)32-25(31-27)15-12-23-8-6-5-7-9-23/h5-11,13-14H,4,12,15-19H2,1-3H3,(H,30,35). The third-order valence-corrected chi connectivity index (χ3v) is 8.12. The number of anilines is 2. The fraction of sp³-hybridized carbons (Fsp3) is 0.345. The van der Waals surface area contributed by atoms with Crippen molar-refractivity contribution < 1.29 is 4.79 Å². The van der Waals surface area contributed by atoms with Crippen molar-refractivity contribution >= 4 is 39.1 Å². The molecule has 0 bridgehead atoms. The van der Waals surface area contributed by atoms with Crippen molar-refractivity contribution in [3.05, 3.63) is 82.0 Å². The minimum atomic E-state index is -0.0437. The lowest BCUT2D eigenvalue weighted by Gasteiger charge is -2.35. The van der Waals surface area contributed by atoms with Gasteiger partial charge in [-0.2, -0.15) is 0 Å². The Labute approximate surface area is 217 Å². The summed E-state index contributed by atoms with van der Waals surface area (Å²) in [7, 11) is 0. The zero-order valence-electron chi connectivity index (χ0n) is 21.3. The van der Waals surface area contributed by atoms with Gasteiger partial charge in [0.25, 0.3) is 0 Å². The van der Waals surface area contributed by atoms with Crippen LogP contribution >= 0.6 is 11.3 Å². The molecule has 0 aliphatic carbocycles. The van der Waals surface area contributed by atoms with Gasteiger partial charge in [0, 0.05) is 43.2 Å². The largest absolute Gasteiger partial charge is 0.352 e. The Hall–Kier alpha value is -3.45. The Kier molecular flexibility index (Phi) is 7.18. The Bertz CT molecular complexity index is 1340. The second-order valence-electron chi connectivity index (χ2n) is 9.37. The first-order valence-electron chi connectivity index (χ1n) is 12.7. The maximum Gasteiger partial charge on any atom is 0.321 e. The molecule has 6 nitrogen and oxygen atoms in total. The molecule has 4 aromatic rings. The minimum Gasteiger partial charge on any atom is -0.352 e. The smallest absolute Gasteiger partial charge is 0.321 e. The number of piperazine rings is 1. The average molecular weight is 500 g/mol. The van der Waals surface area contributed by atoms with Crippen LogP contribution in [0.5, 0.6) is 0 Å². The van der Waals surface area contributed by atoms with E-state index < -0.39 is 0 Å². The fourth-order valence-electron chi connectivity index (χ4n) is 4.66. The Morgan fingerprint density at radius 1 is 0.917 bits per heavy atom. The number of benzene rings is 2. The minimum absolute atomic E-state index is 0.0437. The van der Waals surface area contributed by atoms with Crippen LogP contribution in [0, 0.1) is 13.8 Å². The molecule has 2 amide bonds. The van der Waals surface area contributed by atoms with Crippen molar-refractivity contribution in [1.82, 2.24) is 14.9 Å². The molecule has 1 fully saturated rings. The third-order valence-electron chi connectivity index (χ3n) is 7.02. The number of aryl methyl sites for hydroxylation is 5. The van der Waals surface area contributed by atoms with Crippen molar-refractivity contribution in [2.75, 3.05) is 36.4 Å². The van der Waals surface area contributed by atoms with E-state index in [2.05, 4.69) is 67.4 Å². The molecule has 3 heterocycles. The van der Waals surface area contributed by atoms with Crippen molar-refractivity contribution in [2.45, 2.75) is 40.0 Å². The number of nitrogens with zero attached hydrogens (tertiary/aromatic N) is 4. The lowest BCUT2D eigenvalue weighted by atomic mass is 10.1. The zero-order chi connectivity index (χ0) is 25.1. The normalized spacial score (nSPS) is 13.9. The third kappa shape index (κ3) is 5.21. The van der Waals surface area contributed by atoms with E-state index in [0.717, 1.165) is 59.9 Å². The van der Waals surface area contributed by atoms with Gasteiger partial charge in [0.2, 0.25) is 0 Å². The van der Waals surface area contributed by atoms with Crippen LogP contribution < -0.4 is 10.2 Å². The first-order valence-corrected chi connectivity index (χ1v) is 13.5.